The topological polar surface area (TPSA) is 50.8 Å². The van der Waals surface area contributed by atoms with E-state index >= 15 is 0 Å². The molecule has 2 rings (SSSR count). The lowest BCUT2D eigenvalue weighted by Crippen LogP contribution is -2.47. The SMILES string of the molecule is CC1CCCN(C(=O)NCC2COC(C)(C)O2)C1. The van der Waals surface area contributed by atoms with E-state index in [0.29, 0.717) is 19.1 Å². The number of amides is 2. The van der Waals surface area contributed by atoms with Crippen LogP contribution in [-0.4, -0.2) is 49.1 Å². The van der Waals surface area contributed by atoms with E-state index < -0.39 is 5.79 Å². The Bertz CT molecular complexity index is 307. The first-order valence-corrected chi connectivity index (χ1v) is 6.81. The van der Waals surface area contributed by atoms with E-state index in [4.69, 9.17) is 9.47 Å². The molecule has 5 heteroatoms. The normalized spacial score (nSPS) is 31.4. The predicted molar refractivity (Wildman–Crippen MR) is 68.3 cm³/mol. The molecule has 104 valence electrons. The van der Waals surface area contributed by atoms with Gasteiger partial charge in [-0.2, -0.15) is 0 Å². The molecule has 2 aliphatic heterocycles. The van der Waals surface area contributed by atoms with Gasteiger partial charge >= 0.3 is 6.03 Å². The molecule has 2 unspecified atom stereocenters. The van der Waals surface area contributed by atoms with Gasteiger partial charge in [-0.15, -0.1) is 0 Å². The van der Waals surface area contributed by atoms with Crippen molar-refractivity contribution < 1.29 is 14.3 Å². The van der Waals surface area contributed by atoms with Crippen LogP contribution in [0.4, 0.5) is 4.79 Å². The zero-order valence-electron chi connectivity index (χ0n) is 11.6. The molecule has 0 radical (unpaired) electrons. The molecular formula is C13H24N2O3. The third kappa shape index (κ3) is 3.59. The Morgan fingerprint density at radius 3 is 2.89 bits per heavy atom. The Hall–Kier alpha value is -0.810. The van der Waals surface area contributed by atoms with E-state index in [2.05, 4.69) is 12.2 Å². The summed E-state index contributed by atoms with van der Waals surface area (Å²) < 4.78 is 11.1. The van der Waals surface area contributed by atoms with Crippen molar-refractivity contribution in [1.29, 1.82) is 0 Å². The van der Waals surface area contributed by atoms with Gasteiger partial charge < -0.3 is 19.7 Å². The molecule has 0 aliphatic carbocycles. The fourth-order valence-electron chi connectivity index (χ4n) is 2.55. The summed E-state index contributed by atoms with van der Waals surface area (Å²) in [6.07, 6.45) is 2.29. The lowest BCUT2D eigenvalue weighted by atomic mass is 10.0. The van der Waals surface area contributed by atoms with Crippen LogP contribution in [0.25, 0.3) is 0 Å². The summed E-state index contributed by atoms with van der Waals surface area (Å²) in [4.78, 5) is 13.9. The minimum Gasteiger partial charge on any atom is -0.348 e. The van der Waals surface area contributed by atoms with Gasteiger partial charge in [-0.25, -0.2) is 4.79 Å². The average Bonchev–Trinajstić information content (AvgIpc) is 2.66. The van der Waals surface area contributed by atoms with Crippen molar-refractivity contribution in [2.24, 2.45) is 5.92 Å². The van der Waals surface area contributed by atoms with E-state index in [1.54, 1.807) is 0 Å². The fraction of sp³-hybridized carbons (Fsp3) is 0.923. The largest absolute Gasteiger partial charge is 0.348 e. The highest BCUT2D eigenvalue weighted by Crippen LogP contribution is 2.21. The van der Waals surface area contributed by atoms with Gasteiger partial charge in [-0.05, 0) is 32.6 Å². The molecular weight excluding hydrogens is 232 g/mol. The zero-order valence-corrected chi connectivity index (χ0v) is 11.6. The fourth-order valence-corrected chi connectivity index (χ4v) is 2.55. The molecule has 2 aliphatic rings. The van der Waals surface area contributed by atoms with Crippen LogP contribution < -0.4 is 5.32 Å². The van der Waals surface area contributed by atoms with Gasteiger partial charge in [0.25, 0.3) is 0 Å². The Morgan fingerprint density at radius 1 is 1.50 bits per heavy atom. The summed E-state index contributed by atoms with van der Waals surface area (Å²) >= 11 is 0. The number of carbonyl (C=O) groups is 1. The molecule has 0 spiro atoms. The Kier molecular flexibility index (Phi) is 4.12. The van der Waals surface area contributed by atoms with Crippen LogP contribution in [0.15, 0.2) is 0 Å². The third-order valence-electron chi connectivity index (χ3n) is 3.49. The van der Waals surface area contributed by atoms with Gasteiger partial charge in [-0.1, -0.05) is 6.92 Å². The van der Waals surface area contributed by atoms with Gasteiger partial charge in [0.2, 0.25) is 0 Å². The lowest BCUT2D eigenvalue weighted by Gasteiger charge is -2.31. The Morgan fingerprint density at radius 2 is 2.28 bits per heavy atom. The molecule has 0 aromatic heterocycles. The van der Waals surface area contributed by atoms with Gasteiger partial charge in [0.05, 0.1) is 6.61 Å². The van der Waals surface area contributed by atoms with Crippen LogP contribution >= 0.6 is 0 Å². The quantitative estimate of drug-likeness (QED) is 0.816. The molecule has 5 nitrogen and oxygen atoms in total. The highest BCUT2D eigenvalue weighted by Gasteiger charge is 2.33. The predicted octanol–water partition coefficient (Wildman–Crippen LogP) is 1.58. The number of hydrogen-bond acceptors (Lipinski definition) is 3. The van der Waals surface area contributed by atoms with Crippen molar-refractivity contribution in [3.63, 3.8) is 0 Å². The Balaban J connectivity index is 1.72. The highest BCUT2D eigenvalue weighted by atomic mass is 16.7. The molecule has 0 bridgehead atoms. The summed E-state index contributed by atoms with van der Waals surface area (Å²) in [5, 5.41) is 2.93. The standard InChI is InChI=1S/C13H24N2O3/c1-10-5-4-6-15(8-10)12(16)14-7-11-9-17-13(2,3)18-11/h10-11H,4-9H2,1-3H3,(H,14,16). The summed E-state index contributed by atoms with van der Waals surface area (Å²) in [6, 6.07) is 0.0230. The number of piperidine rings is 1. The maximum Gasteiger partial charge on any atom is 0.317 e. The maximum atomic E-state index is 12.0. The molecule has 0 aromatic rings. The van der Waals surface area contributed by atoms with Gasteiger partial charge in [0, 0.05) is 19.6 Å². The number of likely N-dealkylation sites (tertiary alicyclic amines) is 1. The number of nitrogens with zero attached hydrogens (tertiary/aromatic N) is 1. The van der Waals surface area contributed by atoms with E-state index in [0.717, 1.165) is 19.5 Å². The molecule has 0 aromatic carbocycles. The van der Waals surface area contributed by atoms with E-state index in [9.17, 15) is 4.79 Å². The molecule has 2 fully saturated rings. The smallest absolute Gasteiger partial charge is 0.317 e. The van der Waals surface area contributed by atoms with Crippen molar-refractivity contribution in [1.82, 2.24) is 10.2 Å². The zero-order chi connectivity index (χ0) is 13.2. The summed E-state index contributed by atoms with van der Waals surface area (Å²) in [7, 11) is 0. The molecule has 2 saturated heterocycles. The summed E-state index contributed by atoms with van der Waals surface area (Å²) in [5.74, 6) is 0.0872. The minimum absolute atomic E-state index is 0.0230. The highest BCUT2D eigenvalue weighted by molar-refractivity contribution is 5.74. The number of carbonyl (C=O) groups excluding carboxylic acids is 1. The second kappa shape index (κ2) is 5.45. The van der Waals surface area contributed by atoms with Crippen molar-refractivity contribution >= 4 is 6.03 Å². The number of rotatable bonds is 2. The first kappa shape index (κ1) is 13.6. The number of ether oxygens (including phenoxy) is 2. The summed E-state index contributed by atoms with van der Waals surface area (Å²) in [5.41, 5.74) is 0. The van der Waals surface area contributed by atoms with Gasteiger partial charge in [0.15, 0.2) is 5.79 Å². The van der Waals surface area contributed by atoms with Crippen LogP contribution in [0.5, 0.6) is 0 Å². The number of urea groups is 1. The number of nitrogens with one attached hydrogen (secondary N) is 1. The molecule has 2 atom stereocenters. The van der Waals surface area contributed by atoms with Crippen molar-refractivity contribution in [2.75, 3.05) is 26.2 Å². The monoisotopic (exact) mass is 256 g/mol. The minimum atomic E-state index is -0.519. The molecule has 1 N–H and O–H groups in total. The second-order valence-corrected chi connectivity index (χ2v) is 5.83. The summed E-state index contributed by atoms with van der Waals surface area (Å²) in [6.45, 7) is 8.76. The van der Waals surface area contributed by atoms with E-state index in [1.807, 2.05) is 18.7 Å². The third-order valence-corrected chi connectivity index (χ3v) is 3.49. The number of hydrogen-bond donors (Lipinski definition) is 1. The van der Waals surface area contributed by atoms with Crippen molar-refractivity contribution in [3.8, 4) is 0 Å². The van der Waals surface area contributed by atoms with Crippen molar-refractivity contribution in [3.05, 3.63) is 0 Å². The van der Waals surface area contributed by atoms with Crippen LogP contribution in [0.1, 0.15) is 33.6 Å². The van der Waals surface area contributed by atoms with Crippen LogP contribution in [0.2, 0.25) is 0 Å². The molecule has 2 heterocycles. The molecule has 2 amide bonds. The first-order valence-electron chi connectivity index (χ1n) is 6.81. The Labute approximate surface area is 109 Å². The van der Waals surface area contributed by atoms with Crippen molar-refractivity contribution in [2.45, 2.75) is 45.5 Å². The molecule has 0 saturated carbocycles. The van der Waals surface area contributed by atoms with Crippen LogP contribution in [0, 0.1) is 5.92 Å². The van der Waals surface area contributed by atoms with Crippen LogP contribution in [-0.2, 0) is 9.47 Å². The van der Waals surface area contributed by atoms with Gasteiger partial charge in [-0.3, -0.25) is 0 Å². The van der Waals surface area contributed by atoms with E-state index in [1.165, 1.54) is 6.42 Å². The van der Waals surface area contributed by atoms with Gasteiger partial charge in [0.1, 0.15) is 6.10 Å². The molecule has 18 heavy (non-hydrogen) atoms. The van der Waals surface area contributed by atoms with Crippen LogP contribution in [0.3, 0.4) is 0 Å². The van der Waals surface area contributed by atoms with E-state index in [-0.39, 0.29) is 12.1 Å². The lowest BCUT2D eigenvalue weighted by molar-refractivity contribution is -0.137. The first-order chi connectivity index (χ1) is 8.46. The maximum absolute atomic E-state index is 12.0. The average molecular weight is 256 g/mol. The second-order valence-electron chi connectivity index (χ2n) is 5.83.